The van der Waals surface area contributed by atoms with Crippen molar-refractivity contribution in [3.05, 3.63) is 111 Å². The Morgan fingerprint density at radius 2 is 1.62 bits per heavy atom. The molecule has 2 aromatic carbocycles. The summed E-state index contributed by atoms with van der Waals surface area (Å²) in [5.74, 6) is -0.154. The van der Waals surface area contributed by atoms with Crippen LogP contribution in [0.2, 0.25) is 0 Å². The topological polar surface area (TPSA) is 80.1 Å². The van der Waals surface area contributed by atoms with Gasteiger partial charge in [0, 0.05) is 43.0 Å². The number of rotatable bonds is 7. The number of hydrogen-bond acceptors (Lipinski definition) is 5. The van der Waals surface area contributed by atoms with Crippen molar-refractivity contribution in [3.63, 3.8) is 0 Å². The molecule has 2 aromatic heterocycles. The van der Waals surface area contributed by atoms with E-state index in [-0.39, 0.29) is 16.9 Å². The normalized spacial score (nSPS) is 14.1. The number of benzene rings is 2. The van der Waals surface area contributed by atoms with Crippen molar-refractivity contribution < 1.29 is 4.79 Å². The van der Waals surface area contributed by atoms with Gasteiger partial charge in [-0.25, -0.2) is 0 Å². The third-order valence-corrected chi connectivity index (χ3v) is 8.14. The van der Waals surface area contributed by atoms with Crippen molar-refractivity contribution in [3.8, 4) is 11.1 Å². The van der Waals surface area contributed by atoms with Gasteiger partial charge in [0.05, 0.1) is 11.4 Å². The van der Waals surface area contributed by atoms with Crippen LogP contribution in [-0.4, -0.2) is 38.7 Å². The maximum absolute atomic E-state index is 13.1. The Morgan fingerprint density at radius 3 is 2.29 bits per heavy atom. The van der Waals surface area contributed by atoms with E-state index in [9.17, 15) is 9.59 Å². The average Bonchev–Trinajstić information content (AvgIpc) is 2.97. The number of carbonyl (C=O) groups is 1. The predicted octanol–water partition coefficient (Wildman–Crippen LogP) is 6.28. The number of aromatic nitrogens is 3. The van der Waals surface area contributed by atoms with Gasteiger partial charge in [-0.15, -0.1) is 0 Å². The highest BCUT2D eigenvalue weighted by atomic mass is 16.1. The Balaban J connectivity index is 1.34. The maximum Gasteiger partial charge on any atom is 0.255 e. The van der Waals surface area contributed by atoms with Gasteiger partial charge in [-0.1, -0.05) is 51.5 Å². The molecule has 0 saturated carbocycles. The Kier molecular flexibility index (Phi) is 8.69. The van der Waals surface area contributed by atoms with Crippen LogP contribution < -0.4 is 10.9 Å². The fourth-order valence-electron chi connectivity index (χ4n) is 5.56. The van der Waals surface area contributed by atoms with Crippen molar-refractivity contribution >= 4 is 11.6 Å². The number of carbonyl (C=O) groups excluding carboxylic acids is 1. The summed E-state index contributed by atoms with van der Waals surface area (Å²) in [6.07, 6.45) is 6.03. The van der Waals surface area contributed by atoms with Crippen LogP contribution in [-0.2, 0) is 25.4 Å². The molecule has 7 nitrogen and oxygen atoms in total. The molecule has 7 heteroatoms. The minimum absolute atomic E-state index is 0.0252. The number of anilines is 1. The zero-order valence-electron chi connectivity index (χ0n) is 25.4. The van der Waals surface area contributed by atoms with Gasteiger partial charge in [0.1, 0.15) is 0 Å². The number of amides is 1. The number of nitrogens with one attached hydrogen (secondary N) is 1. The molecule has 1 N–H and O–H groups in total. The smallest absolute Gasteiger partial charge is 0.255 e. The highest BCUT2D eigenvalue weighted by molar-refractivity contribution is 6.05. The third-order valence-electron chi connectivity index (χ3n) is 8.14. The van der Waals surface area contributed by atoms with Gasteiger partial charge in [-0.2, -0.15) is 10.2 Å². The largest absolute Gasteiger partial charge is 0.322 e. The van der Waals surface area contributed by atoms with Crippen LogP contribution in [0.3, 0.4) is 0 Å². The van der Waals surface area contributed by atoms with E-state index in [1.165, 1.54) is 24.8 Å². The molecule has 0 radical (unpaired) electrons. The molecule has 0 aliphatic carbocycles. The zero-order chi connectivity index (χ0) is 29.9. The summed E-state index contributed by atoms with van der Waals surface area (Å²) in [7, 11) is 1.77. The first-order valence-electron chi connectivity index (χ1n) is 14.8. The second-order valence-electron chi connectivity index (χ2n) is 12.5. The fraction of sp³-hybridized carbons (Fsp3) is 0.371. The quantitative estimate of drug-likeness (QED) is 0.286. The van der Waals surface area contributed by atoms with Gasteiger partial charge in [0.15, 0.2) is 0 Å². The maximum atomic E-state index is 13.1. The fourth-order valence-corrected chi connectivity index (χ4v) is 5.56. The number of pyridine rings is 1. The molecular formula is C35H41N5O2. The SMILES string of the molecule is Cc1c(NC(=O)c2ccc(C(C)(C)C)cc2)cccc1-c1cc(Cc2ccc(CN3CCCCC3)nn2)c(=O)n(C)c1. The molecule has 4 aromatic rings. The van der Waals surface area contributed by atoms with E-state index in [2.05, 4.69) is 41.2 Å². The molecule has 0 atom stereocenters. The van der Waals surface area contributed by atoms with Gasteiger partial charge < -0.3 is 9.88 Å². The Labute approximate surface area is 248 Å². The first-order chi connectivity index (χ1) is 20.1. The molecule has 0 spiro atoms. The molecule has 0 bridgehead atoms. The highest BCUT2D eigenvalue weighted by Crippen LogP contribution is 2.29. The standard InChI is InChI=1S/C35H41N5O2/c1-24-31(10-9-11-32(24)36-33(41)25-12-14-28(15-13-25)35(2,3)4)27-20-26(34(42)39(5)22-27)21-29-16-17-30(38-37-29)23-40-18-7-6-8-19-40/h9-17,20,22H,6-8,18-19,21,23H2,1-5H3,(H,36,41). The van der Waals surface area contributed by atoms with Gasteiger partial charge in [-0.05, 0) is 96.9 Å². The summed E-state index contributed by atoms with van der Waals surface area (Å²) in [5.41, 5.74) is 7.68. The van der Waals surface area contributed by atoms with Crippen LogP contribution in [0.1, 0.15) is 78.5 Å². The molecule has 1 fully saturated rings. The Bertz CT molecular complexity index is 1610. The summed E-state index contributed by atoms with van der Waals surface area (Å²) in [4.78, 5) is 28.6. The minimum Gasteiger partial charge on any atom is -0.322 e. The first kappa shape index (κ1) is 29.4. The lowest BCUT2D eigenvalue weighted by Crippen LogP contribution is -2.29. The van der Waals surface area contributed by atoms with Crippen LogP contribution in [0.25, 0.3) is 11.1 Å². The number of likely N-dealkylation sites (tertiary alicyclic amines) is 1. The second-order valence-corrected chi connectivity index (χ2v) is 12.5. The molecule has 0 unspecified atom stereocenters. The van der Waals surface area contributed by atoms with Crippen LogP contribution in [0, 0.1) is 6.92 Å². The molecule has 1 aliphatic rings. The van der Waals surface area contributed by atoms with E-state index in [4.69, 9.17) is 0 Å². The summed E-state index contributed by atoms with van der Waals surface area (Å²) >= 11 is 0. The van der Waals surface area contributed by atoms with Crippen molar-refractivity contribution in [2.24, 2.45) is 7.05 Å². The van der Waals surface area contributed by atoms with Gasteiger partial charge in [0.2, 0.25) is 0 Å². The second kappa shape index (κ2) is 12.4. The molecule has 5 rings (SSSR count). The Morgan fingerprint density at radius 1 is 0.929 bits per heavy atom. The van der Waals surface area contributed by atoms with E-state index in [0.717, 1.165) is 53.4 Å². The van der Waals surface area contributed by atoms with Crippen molar-refractivity contribution in [1.82, 2.24) is 19.7 Å². The lowest BCUT2D eigenvalue weighted by atomic mass is 9.86. The van der Waals surface area contributed by atoms with Crippen LogP contribution >= 0.6 is 0 Å². The molecule has 1 amide bonds. The number of nitrogens with zero attached hydrogens (tertiary/aromatic N) is 4. The van der Waals surface area contributed by atoms with Crippen molar-refractivity contribution in [2.45, 2.75) is 65.3 Å². The molecule has 218 valence electrons. The third kappa shape index (κ3) is 6.85. The molecule has 1 saturated heterocycles. The lowest BCUT2D eigenvalue weighted by Gasteiger charge is -2.25. The van der Waals surface area contributed by atoms with Crippen molar-refractivity contribution in [1.29, 1.82) is 0 Å². The first-order valence-corrected chi connectivity index (χ1v) is 14.8. The van der Waals surface area contributed by atoms with Gasteiger partial charge in [-0.3, -0.25) is 14.5 Å². The highest BCUT2D eigenvalue weighted by Gasteiger charge is 2.17. The van der Waals surface area contributed by atoms with Crippen LogP contribution in [0.4, 0.5) is 5.69 Å². The number of piperidine rings is 1. The summed E-state index contributed by atoms with van der Waals surface area (Å²) in [5, 5.41) is 12.0. The molecule has 1 aliphatic heterocycles. The average molecular weight is 564 g/mol. The predicted molar refractivity (Wildman–Crippen MR) is 169 cm³/mol. The number of aryl methyl sites for hydroxylation is 1. The number of hydrogen-bond donors (Lipinski definition) is 1. The van der Waals surface area contributed by atoms with Gasteiger partial charge in [0.25, 0.3) is 11.5 Å². The minimum atomic E-state index is -0.154. The van der Waals surface area contributed by atoms with E-state index < -0.39 is 0 Å². The van der Waals surface area contributed by atoms with Crippen LogP contribution in [0.5, 0.6) is 0 Å². The summed E-state index contributed by atoms with van der Waals surface area (Å²) in [6.45, 7) is 11.5. The van der Waals surface area contributed by atoms with E-state index in [1.807, 2.05) is 73.8 Å². The summed E-state index contributed by atoms with van der Waals surface area (Å²) in [6, 6.07) is 19.6. The zero-order valence-corrected chi connectivity index (χ0v) is 25.4. The molecular weight excluding hydrogens is 522 g/mol. The molecule has 42 heavy (non-hydrogen) atoms. The van der Waals surface area contributed by atoms with Crippen LogP contribution in [0.15, 0.2) is 71.7 Å². The van der Waals surface area contributed by atoms with Crippen molar-refractivity contribution in [2.75, 3.05) is 18.4 Å². The van der Waals surface area contributed by atoms with E-state index in [1.54, 1.807) is 11.6 Å². The van der Waals surface area contributed by atoms with E-state index >= 15 is 0 Å². The summed E-state index contributed by atoms with van der Waals surface area (Å²) < 4.78 is 1.62. The Hall–Kier alpha value is -4.10. The van der Waals surface area contributed by atoms with Gasteiger partial charge >= 0.3 is 0 Å². The molecule has 3 heterocycles. The monoisotopic (exact) mass is 563 g/mol. The lowest BCUT2D eigenvalue weighted by molar-refractivity contribution is 0.102. The van der Waals surface area contributed by atoms with E-state index in [0.29, 0.717) is 17.5 Å².